The largest absolute Gasteiger partial charge is 0.459 e. The number of anilines is 1. The molecule has 13 heavy (non-hydrogen) atoms. The van der Waals surface area contributed by atoms with Crippen LogP contribution in [0.5, 0.6) is 0 Å². The molecule has 0 radical (unpaired) electrons. The fourth-order valence-corrected chi connectivity index (χ4v) is 1.65. The molecule has 0 saturated heterocycles. The van der Waals surface area contributed by atoms with Crippen LogP contribution in [0.1, 0.15) is 29.1 Å². The van der Waals surface area contributed by atoms with Crippen LogP contribution in [-0.4, -0.2) is 12.1 Å². The van der Waals surface area contributed by atoms with Crippen molar-refractivity contribution in [2.24, 2.45) is 0 Å². The molecule has 0 aliphatic rings. The number of thiophene rings is 1. The average molecular weight is 199 g/mol. The lowest BCUT2D eigenvalue weighted by molar-refractivity contribution is 0.0380. The highest BCUT2D eigenvalue weighted by Gasteiger charge is 2.15. The molecule has 2 N–H and O–H groups in total. The van der Waals surface area contributed by atoms with Crippen LogP contribution < -0.4 is 5.73 Å². The third kappa shape index (κ3) is 2.21. The van der Waals surface area contributed by atoms with Crippen LogP contribution in [0.4, 0.5) is 5.69 Å². The summed E-state index contributed by atoms with van der Waals surface area (Å²) in [7, 11) is 0. The monoisotopic (exact) mass is 199 g/mol. The maximum Gasteiger partial charge on any atom is 0.341 e. The van der Waals surface area contributed by atoms with Crippen molar-refractivity contribution in [3.8, 4) is 0 Å². The van der Waals surface area contributed by atoms with E-state index in [2.05, 4.69) is 0 Å². The third-order valence-corrected chi connectivity index (χ3v) is 2.51. The summed E-state index contributed by atoms with van der Waals surface area (Å²) < 4.78 is 5.02. The van der Waals surface area contributed by atoms with Gasteiger partial charge >= 0.3 is 5.97 Å². The number of carbonyl (C=O) groups is 1. The molecule has 4 heteroatoms. The summed E-state index contributed by atoms with van der Waals surface area (Å²) in [5.41, 5.74) is 6.71. The van der Waals surface area contributed by atoms with Gasteiger partial charge in [0, 0.05) is 10.3 Å². The van der Waals surface area contributed by atoms with Gasteiger partial charge in [-0.15, -0.1) is 11.3 Å². The number of hydrogen-bond donors (Lipinski definition) is 1. The van der Waals surface area contributed by atoms with Gasteiger partial charge in [-0.1, -0.05) is 0 Å². The number of nitrogen functional groups attached to an aromatic ring is 1. The van der Waals surface area contributed by atoms with Gasteiger partial charge in [-0.3, -0.25) is 0 Å². The number of carbonyl (C=O) groups excluding carboxylic acids is 1. The number of nitrogens with two attached hydrogens (primary N) is 1. The van der Waals surface area contributed by atoms with E-state index in [9.17, 15) is 4.79 Å². The van der Waals surface area contributed by atoms with E-state index in [1.54, 1.807) is 5.38 Å². The molecule has 0 bridgehead atoms. The number of ether oxygens (including phenoxy) is 1. The minimum absolute atomic E-state index is 0.105. The standard InChI is InChI=1S/C9H13NO2S/c1-5(2)12-9(11)7-4-13-6(3)8(7)10/h4-5H,10H2,1-3H3. The molecule has 0 atom stereocenters. The molecule has 0 aliphatic carbocycles. The van der Waals surface area contributed by atoms with E-state index in [1.807, 2.05) is 20.8 Å². The predicted octanol–water partition coefficient (Wildman–Crippen LogP) is 2.20. The molecule has 0 aliphatic heterocycles. The molecule has 1 heterocycles. The lowest BCUT2D eigenvalue weighted by atomic mass is 10.2. The quantitative estimate of drug-likeness (QED) is 0.743. The van der Waals surface area contributed by atoms with E-state index in [4.69, 9.17) is 10.5 Å². The van der Waals surface area contributed by atoms with Gasteiger partial charge in [-0.25, -0.2) is 4.79 Å². The molecular weight excluding hydrogens is 186 g/mol. The summed E-state index contributed by atoms with van der Waals surface area (Å²) in [6.07, 6.45) is -0.105. The summed E-state index contributed by atoms with van der Waals surface area (Å²) in [6.45, 7) is 5.51. The number of esters is 1. The molecule has 1 aromatic rings. The van der Waals surface area contributed by atoms with Gasteiger partial charge in [0.1, 0.15) is 0 Å². The minimum atomic E-state index is -0.336. The first kappa shape index (κ1) is 10.1. The Kier molecular flexibility index (Phi) is 2.93. The Morgan fingerprint density at radius 2 is 2.23 bits per heavy atom. The number of rotatable bonds is 2. The summed E-state index contributed by atoms with van der Waals surface area (Å²) in [4.78, 5) is 12.3. The van der Waals surface area contributed by atoms with E-state index in [1.165, 1.54) is 11.3 Å². The zero-order valence-corrected chi connectivity index (χ0v) is 8.77. The second-order valence-corrected chi connectivity index (χ2v) is 4.16. The molecular formula is C9H13NO2S. The Balaban J connectivity index is 2.83. The minimum Gasteiger partial charge on any atom is -0.459 e. The maximum atomic E-state index is 11.4. The Morgan fingerprint density at radius 1 is 1.62 bits per heavy atom. The number of aryl methyl sites for hydroxylation is 1. The molecule has 1 aromatic heterocycles. The zero-order valence-electron chi connectivity index (χ0n) is 7.96. The van der Waals surface area contributed by atoms with Crippen LogP contribution in [0.3, 0.4) is 0 Å². The average Bonchev–Trinajstić information content (AvgIpc) is 2.31. The molecule has 0 spiro atoms. The summed E-state index contributed by atoms with van der Waals surface area (Å²) in [6, 6.07) is 0. The van der Waals surface area contributed by atoms with E-state index in [0.29, 0.717) is 11.3 Å². The lowest BCUT2D eigenvalue weighted by Gasteiger charge is -2.06. The van der Waals surface area contributed by atoms with Crippen molar-refractivity contribution in [1.29, 1.82) is 0 Å². The molecule has 1 rings (SSSR count). The fourth-order valence-electron chi connectivity index (χ4n) is 0.900. The highest BCUT2D eigenvalue weighted by Crippen LogP contribution is 2.24. The summed E-state index contributed by atoms with van der Waals surface area (Å²) in [5.74, 6) is -0.336. The van der Waals surface area contributed by atoms with E-state index >= 15 is 0 Å². The van der Waals surface area contributed by atoms with Crippen LogP contribution in [0.2, 0.25) is 0 Å². The number of hydrogen-bond acceptors (Lipinski definition) is 4. The van der Waals surface area contributed by atoms with Gasteiger partial charge in [0.05, 0.1) is 17.4 Å². The first-order valence-corrected chi connectivity index (χ1v) is 4.95. The van der Waals surface area contributed by atoms with Gasteiger partial charge in [0.2, 0.25) is 0 Å². The summed E-state index contributed by atoms with van der Waals surface area (Å²) in [5, 5.41) is 1.73. The Hall–Kier alpha value is -1.03. The fraction of sp³-hybridized carbons (Fsp3) is 0.444. The van der Waals surface area contributed by atoms with Gasteiger partial charge in [-0.2, -0.15) is 0 Å². The van der Waals surface area contributed by atoms with E-state index in [0.717, 1.165) is 4.88 Å². The topological polar surface area (TPSA) is 52.3 Å². The molecule has 0 aromatic carbocycles. The molecule has 3 nitrogen and oxygen atoms in total. The second-order valence-electron chi connectivity index (χ2n) is 3.07. The van der Waals surface area contributed by atoms with Gasteiger partial charge in [-0.05, 0) is 20.8 Å². The van der Waals surface area contributed by atoms with Crippen molar-refractivity contribution in [3.05, 3.63) is 15.8 Å². The Morgan fingerprint density at radius 3 is 2.62 bits per heavy atom. The first-order chi connectivity index (χ1) is 6.02. The highest BCUT2D eigenvalue weighted by molar-refractivity contribution is 7.10. The highest BCUT2D eigenvalue weighted by atomic mass is 32.1. The predicted molar refractivity (Wildman–Crippen MR) is 54.0 cm³/mol. The zero-order chi connectivity index (χ0) is 10.0. The maximum absolute atomic E-state index is 11.4. The van der Waals surface area contributed by atoms with Crippen LogP contribution in [0.15, 0.2) is 5.38 Å². The second kappa shape index (κ2) is 3.79. The normalized spacial score (nSPS) is 10.5. The molecule has 0 unspecified atom stereocenters. The lowest BCUT2D eigenvalue weighted by Crippen LogP contribution is -2.12. The van der Waals surface area contributed by atoms with Crippen LogP contribution in [-0.2, 0) is 4.74 Å². The molecule has 0 amide bonds. The van der Waals surface area contributed by atoms with Crippen LogP contribution >= 0.6 is 11.3 Å². The molecule has 0 fully saturated rings. The summed E-state index contributed by atoms with van der Waals surface area (Å²) >= 11 is 1.46. The van der Waals surface area contributed by atoms with E-state index < -0.39 is 0 Å². The Bertz CT molecular complexity index is 317. The van der Waals surface area contributed by atoms with Crippen molar-refractivity contribution in [1.82, 2.24) is 0 Å². The van der Waals surface area contributed by atoms with Gasteiger partial charge < -0.3 is 10.5 Å². The molecule has 0 saturated carbocycles. The van der Waals surface area contributed by atoms with Gasteiger partial charge in [0.15, 0.2) is 0 Å². The smallest absolute Gasteiger partial charge is 0.341 e. The van der Waals surface area contributed by atoms with Crippen molar-refractivity contribution >= 4 is 23.0 Å². The van der Waals surface area contributed by atoms with Crippen molar-refractivity contribution in [3.63, 3.8) is 0 Å². The Labute approximate surface area is 81.5 Å². The van der Waals surface area contributed by atoms with Crippen LogP contribution in [0, 0.1) is 6.92 Å². The SMILES string of the molecule is Cc1scc(C(=O)OC(C)C)c1N. The first-order valence-electron chi connectivity index (χ1n) is 4.07. The van der Waals surface area contributed by atoms with Crippen molar-refractivity contribution in [2.75, 3.05) is 5.73 Å². The van der Waals surface area contributed by atoms with E-state index in [-0.39, 0.29) is 12.1 Å². The van der Waals surface area contributed by atoms with Crippen molar-refractivity contribution < 1.29 is 9.53 Å². The van der Waals surface area contributed by atoms with Crippen LogP contribution in [0.25, 0.3) is 0 Å². The van der Waals surface area contributed by atoms with Gasteiger partial charge in [0.25, 0.3) is 0 Å². The third-order valence-electron chi connectivity index (χ3n) is 1.59. The van der Waals surface area contributed by atoms with Crippen molar-refractivity contribution in [2.45, 2.75) is 26.9 Å². The molecule has 72 valence electrons.